The fourth-order valence-corrected chi connectivity index (χ4v) is 3.93. The number of anilines is 1. The van der Waals surface area contributed by atoms with E-state index in [1.807, 2.05) is 0 Å². The Labute approximate surface area is 137 Å². The lowest BCUT2D eigenvalue weighted by Gasteiger charge is -2.12. The maximum atomic E-state index is 12.3. The average molecular weight is 331 g/mol. The highest BCUT2D eigenvalue weighted by atomic mass is 32.1. The van der Waals surface area contributed by atoms with Gasteiger partial charge in [-0.3, -0.25) is 9.78 Å². The third-order valence-electron chi connectivity index (χ3n) is 3.67. The van der Waals surface area contributed by atoms with Gasteiger partial charge in [-0.2, -0.15) is 0 Å². The molecule has 2 aromatic heterocycles. The summed E-state index contributed by atoms with van der Waals surface area (Å²) in [5, 5.41) is 3.35. The lowest BCUT2D eigenvalue weighted by Crippen LogP contribution is -2.16. The van der Waals surface area contributed by atoms with E-state index < -0.39 is 0 Å². The van der Waals surface area contributed by atoms with E-state index in [9.17, 15) is 9.59 Å². The van der Waals surface area contributed by atoms with Crippen molar-refractivity contribution in [3.8, 4) is 0 Å². The molecule has 0 spiro atoms. The number of rotatable bonds is 4. The van der Waals surface area contributed by atoms with Crippen LogP contribution in [-0.2, 0) is 17.6 Å². The van der Waals surface area contributed by atoms with Crippen LogP contribution in [0.1, 0.15) is 51.1 Å². The smallest absolute Gasteiger partial charge is 0.341 e. The van der Waals surface area contributed by atoms with E-state index in [0.29, 0.717) is 17.2 Å². The number of fused-ring (bicyclic) bond motifs is 1. The first kappa shape index (κ1) is 15.6. The van der Waals surface area contributed by atoms with Crippen molar-refractivity contribution in [2.75, 3.05) is 11.9 Å². The number of thiophene rings is 1. The molecule has 7 heteroatoms. The Morgan fingerprint density at radius 2 is 2.13 bits per heavy atom. The van der Waals surface area contributed by atoms with E-state index in [1.54, 1.807) is 6.92 Å². The summed E-state index contributed by atoms with van der Waals surface area (Å²) in [5.41, 5.74) is 1.74. The number of aryl methyl sites for hydroxylation is 1. The minimum atomic E-state index is -0.374. The highest BCUT2D eigenvalue weighted by Crippen LogP contribution is 2.38. The number of carbonyl (C=O) groups is 2. The number of amides is 1. The third kappa shape index (κ3) is 3.24. The molecule has 0 saturated carbocycles. The van der Waals surface area contributed by atoms with Gasteiger partial charge >= 0.3 is 5.97 Å². The minimum absolute atomic E-state index is 0.216. The second-order valence-corrected chi connectivity index (χ2v) is 6.29. The molecule has 1 amide bonds. The van der Waals surface area contributed by atoms with Crippen molar-refractivity contribution < 1.29 is 14.3 Å². The van der Waals surface area contributed by atoms with Crippen molar-refractivity contribution in [3.63, 3.8) is 0 Å². The normalized spacial score (nSPS) is 13.3. The van der Waals surface area contributed by atoms with Gasteiger partial charge in [0.05, 0.1) is 18.4 Å². The maximum absolute atomic E-state index is 12.3. The summed E-state index contributed by atoms with van der Waals surface area (Å²) in [6, 6.07) is 0. The molecule has 0 radical (unpaired) electrons. The van der Waals surface area contributed by atoms with Crippen molar-refractivity contribution in [2.24, 2.45) is 0 Å². The van der Waals surface area contributed by atoms with E-state index >= 15 is 0 Å². The van der Waals surface area contributed by atoms with Crippen molar-refractivity contribution in [3.05, 3.63) is 40.3 Å². The molecule has 1 aliphatic rings. The van der Waals surface area contributed by atoms with Gasteiger partial charge in [0.1, 0.15) is 10.7 Å². The van der Waals surface area contributed by atoms with Crippen LogP contribution >= 0.6 is 11.3 Å². The number of nitrogens with zero attached hydrogens (tertiary/aromatic N) is 2. The van der Waals surface area contributed by atoms with Crippen LogP contribution in [0.5, 0.6) is 0 Å². The van der Waals surface area contributed by atoms with Crippen molar-refractivity contribution in [1.29, 1.82) is 0 Å². The van der Waals surface area contributed by atoms with Gasteiger partial charge in [0, 0.05) is 17.3 Å². The zero-order chi connectivity index (χ0) is 16.2. The van der Waals surface area contributed by atoms with Gasteiger partial charge in [-0.05, 0) is 38.2 Å². The monoisotopic (exact) mass is 331 g/mol. The Morgan fingerprint density at radius 3 is 2.87 bits per heavy atom. The van der Waals surface area contributed by atoms with Gasteiger partial charge in [-0.1, -0.05) is 0 Å². The highest BCUT2D eigenvalue weighted by molar-refractivity contribution is 7.17. The zero-order valence-electron chi connectivity index (χ0n) is 12.8. The van der Waals surface area contributed by atoms with Crippen LogP contribution in [0.2, 0.25) is 0 Å². The van der Waals surface area contributed by atoms with Gasteiger partial charge in [-0.15, -0.1) is 11.3 Å². The zero-order valence-corrected chi connectivity index (χ0v) is 13.6. The van der Waals surface area contributed by atoms with Crippen LogP contribution < -0.4 is 5.32 Å². The van der Waals surface area contributed by atoms with Gasteiger partial charge in [-0.25, -0.2) is 9.78 Å². The summed E-state index contributed by atoms with van der Waals surface area (Å²) >= 11 is 1.46. The second kappa shape index (κ2) is 6.87. The molecule has 0 unspecified atom stereocenters. The first-order valence-electron chi connectivity index (χ1n) is 7.59. The van der Waals surface area contributed by atoms with Crippen molar-refractivity contribution >= 4 is 28.2 Å². The first-order chi connectivity index (χ1) is 11.2. The molecule has 2 heterocycles. The van der Waals surface area contributed by atoms with Crippen LogP contribution in [0.3, 0.4) is 0 Å². The van der Waals surface area contributed by atoms with Crippen molar-refractivity contribution in [2.45, 2.75) is 32.6 Å². The fourth-order valence-electron chi connectivity index (χ4n) is 2.66. The highest BCUT2D eigenvalue weighted by Gasteiger charge is 2.27. The van der Waals surface area contributed by atoms with E-state index in [-0.39, 0.29) is 17.6 Å². The molecular weight excluding hydrogens is 314 g/mol. The third-order valence-corrected chi connectivity index (χ3v) is 4.88. The molecule has 0 saturated heterocycles. The molecule has 0 bridgehead atoms. The summed E-state index contributed by atoms with van der Waals surface area (Å²) in [7, 11) is 0. The topological polar surface area (TPSA) is 81.2 Å². The molecule has 120 valence electrons. The largest absolute Gasteiger partial charge is 0.462 e. The lowest BCUT2D eigenvalue weighted by molar-refractivity contribution is 0.0526. The Hall–Kier alpha value is -2.28. The van der Waals surface area contributed by atoms with Crippen LogP contribution in [0.4, 0.5) is 5.00 Å². The molecule has 0 aromatic carbocycles. The van der Waals surface area contributed by atoms with Gasteiger partial charge < -0.3 is 10.1 Å². The minimum Gasteiger partial charge on any atom is -0.462 e. The lowest BCUT2D eigenvalue weighted by atomic mass is 9.95. The summed E-state index contributed by atoms with van der Waals surface area (Å²) in [4.78, 5) is 33.7. The first-order valence-corrected chi connectivity index (χ1v) is 8.41. The van der Waals surface area contributed by atoms with Gasteiger partial charge in [0.15, 0.2) is 0 Å². The fraction of sp³-hybridized carbons (Fsp3) is 0.375. The molecule has 2 aromatic rings. The molecule has 3 rings (SSSR count). The number of esters is 1. The molecule has 6 nitrogen and oxygen atoms in total. The number of hydrogen-bond donors (Lipinski definition) is 1. The molecule has 1 N–H and O–H groups in total. The summed E-state index contributed by atoms with van der Waals surface area (Å²) in [6.07, 6.45) is 8.30. The van der Waals surface area contributed by atoms with Crippen LogP contribution in [0.25, 0.3) is 0 Å². The van der Waals surface area contributed by atoms with Gasteiger partial charge in [0.2, 0.25) is 0 Å². The Morgan fingerprint density at radius 1 is 1.30 bits per heavy atom. The van der Waals surface area contributed by atoms with Crippen molar-refractivity contribution in [1.82, 2.24) is 9.97 Å². The predicted octanol–water partition coefficient (Wildman–Crippen LogP) is 2.85. The van der Waals surface area contributed by atoms with E-state index in [2.05, 4.69) is 15.3 Å². The average Bonchev–Trinajstić information content (AvgIpc) is 2.93. The quantitative estimate of drug-likeness (QED) is 0.871. The molecule has 1 aliphatic carbocycles. The maximum Gasteiger partial charge on any atom is 0.341 e. The standard InChI is InChI=1S/C16H17N3O3S/c1-2-22-16(21)13-10-5-3-4-6-12(10)23-15(13)19-14(20)11-9-17-7-8-18-11/h7-9H,2-6H2,1H3,(H,19,20). The Kier molecular flexibility index (Phi) is 4.66. The van der Waals surface area contributed by atoms with E-state index in [0.717, 1.165) is 36.1 Å². The number of ether oxygens (including phenoxy) is 1. The molecule has 0 fully saturated rings. The molecule has 0 atom stereocenters. The number of aromatic nitrogens is 2. The van der Waals surface area contributed by atoms with E-state index in [1.165, 1.54) is 29.9 Å². The number of nitrogens with one attached hydrogen (secondary N) is 1. The predicted molar refractivity (Wildman–Crippen MR) is 86.9 cm³/mol. The van der Waals surface area contributed by atoms with Gasteiger partial charge in [0.25, 0.3) is 5.91 Å². The van der Waals surface area contributed by atoms with Crippen LogP contribution in [0, 0.1) is 0 Å². The Bertz CT molecular complexity index is 728. The van der Waals surface area contributed by atoms with E-state index in [4.69, 9.17) is 4.74 Å². The number of hydrogen-bond acceptors (Lipinski definition) is 6. The number of carbonyl (C=O) groups excluding carboxylic acids is 2. The SMILES string of the molecule is CCOC(=O)c1c(NC(=O)c2cnccn2)sc2c1CCCC2. The molecule has 0 aliphatic heterocycles. The summed E-state index contributed by atoms with van der Waals surface area (Å²) < 4.78 is 5.17. The summed E-state index contributed by atoms with van der Waals surface area (Å²) in [5.74, 6) is -0.747. The van der Waals surface area contributed by atoms with Crippen LogP contribution in [0.15, 0.2) is 18.6 Å². The second-order valence-electron chi connectivity index (χ2n) is 5.18. The molecular formula is C16H17N3O3S. The summed E-state index contributed by atoms with van der Waals surface area (Å²) in [6.45, 7) is 2.08. The van der Waals surface area contributed by atoms with Crippen LogP contribution in [-0.4, -0.2) is 28.5 Å². The molecule has 23 heavy (non-hydrogen) atoms. The Balaban J connectivity index is 1.93.